The van der Waals surface area contributed by atoms with Gasteiger partial charge in [0.25, 0.3) is 0 Å². The quantitative estimate of drug-likeness (QED) is 0.529. The zero-order valence-corrected chi connectivity index (χ0v) is 13.0. The molecular formula is C15H12ClN3O2S. The van der Waals surface area contributed by atoms with Crippen molar-refractivity contribution in [2.24, 2.45) is 0 Å². The van der Waals surface area contributed by atoms with Gasteiger partial charge in [-0.15, -0.1) is 10.2 Å². The van der Waals surface area contributed by atoms with Gasteiger partial charge >= 0.3 is 0 Å². The molecule has 0 aliphatic heterocycles. The highest BCUT2D eigenvalue weighted by Crippen LogP contribution is 2.28. The zero-order chi connectivity index (χ0) is 15.5. The van der Waals surface area contributed by atoms with Crippen LogP contribution in [0.25, 0.3) is 22.9 Å². The van der Waals surface area contributed by atoms with Crippen molar-refractivity contribution in [3.8, 4) is 22.9 Å². The molecule has 0 aliphatic carbocycles. The molecule has 0 fully saturated rings. The fraction of sp³-hybridized carbons (Fsp3) is 0.0667. The topological polar surface area (TPSA) is 74.9 Å². The number of nitrogens with zero attached hydrogens (tertiary/aromatic N) is 2. The minimum atomic E-state index is 0.0889. The van der Waals surface area contributed by atoms with Gasteiger partial charge in [-0.3, -0.25) is 0 Å². The molecule has 0 atom stereocenters. The van der Waals surface area contributed by atoms with E-state index in [4.69, 9.17) is 21.1 Å². The van der Waals surface area contributed by atoms with Gasteiger partial charge in [-0.2, -0.15) is 0 Å². The van der Waals surface area contributed by atoms with E-state index in [2.05, 4.69) is 21.8 Å². The average molecular weight is 334 g/mol. The lowest BCUT2D eigenvalue weighted by molar-refractivity contribution is 0.420. The van der Waals surface area contributed by atoms with Crippen LogP contribution in [0.2, 0.25) is 5.02 Å². The van der Waals surface area contributed by atoms with Gasteiger partial charge in [-0.25, -0.2) is 0 Å². The van der Waals surface area contributed by atoms with Gasteiger partial charge in [0.1, 0.15) is 5.76 Å². The number of rotatable bonds is 5. The van der Waals surface area contributed by atoms with Crippen molar-refractivity contribution < 1.29 is 9.52 Å². The SMILES string of the molecule is C=C(O)CSc1nnc(-c2ccc(-c3ccc(Cl)cc3)o2)[nH]1. The lowest BCUT2D eigenvalue weighted by Gasteiger charge is -1.96. The molecule has 0 amide bonds. The molecular weight excluding hydrogens is 322 g/mol. The maximum Gasteiger partial charge on any atom is 0.197 e. The standard InChI is InChI=1S/C15H12ClN3O2S/c1-9(20)8-22-15-17-14(18-19-15)13-7-6-12(21-13)10-2-4-11(16)5-3-10/h2-7,20H,1,8H2,(H,17,18,19). The van der Waals surface area contributed by atoms with Crippen LogP contribution in [-0.2, 0) is 0 Å². The first-order valence-electron chi connectivity index (χ1n) is 6.40. The number of hydrogen-bond acceptors (Lipinski definition) is 5. The van der Waals surface area contributed by atoms with Crippen molar-refractivity contribution in [3.63, 3.8) is 0 Å². The number of aliphatic hydroxyl groups is 1. The molecule has 7 heteroatoms. The molecule has 1 aromatic carbocycles. The Morgan fingerprint density at radius 3 is 2.64 bits per heavy atom. The van der Waals surface area contributed by atoms with Gasteiger partial charge in [-0.1, -0.05) is 29.9 Å². The number of H-pyrrole nitrogens is 1. The molecule has 5 nitrogen and oxygen atoms in total. The van der Waals surface area contributed by atoms with Crippen molar-refractivity contribution in [2.75, 3.05) is 5.75 Å². The molecule has 0 radical (unpaired) electrons. The number of aromatic amines is 1. The first kappa shape index (κ1) is 14.7. The van der Waals surface area contributed by atoms with E-state index in [-0.39, 0.29) is 5.76 Å². The zero-order valence-electron chi connectivity index (χ0n) is 11.4. The van der Waals surface area contributed by atoms with Gasteiger partial charge in [0, 0.05) is 10.6 Å². The molecule has 3 rings (SSSR count). The van der Waals surface area contributed by atoms with Crippen molar-refractivity contribution in [3.05, 3.63) is 53.8 Å². The Morgan fingerprint density at radius 1 is 1.18 bits per heavy atom. The fourth-order valence-electron chi connectivity index (χ4n) is 1.81. The fourth-order valence-corrected chi connectivity index (χ4v) is 2.51. The minimum Gasteiger partial charge on any atom is -0.512 e. The Labute approximate surface area is 136 Å². The highest BCUT2D eigenvalue weighted by atomic mass is 35.5. The Hall–Kier alpha value is -2.18. The normalized spacial score (nSPS) is 10.8. The van der Waals surface area contributed by atoms with E-state index >= 15 is 0 Å². The number of halogens is 1. The van der Waals surface area contributed by atoms with Crippen LogP contribution in [0.4, 0.5) is 0 Å². The molecule has 2 heterocycles. The van der Waals surface area contributed by atoms with Gasteiger partial charge < -0.3 is 14.5 Å². The first-order valence-corrected chi connectivity index (χ1v) is 7.76. The first-order chi connectivity index (χ1) is 10.6. The third-order valence-corrected chi connectivity index (χ3v) is 4.00. The number of nitrogens with one attached hydrogen (secondary N) is 1. The summed E-state index contributed by atoms with van der Waals surface area (Å²) in [6.07, 6.45) is 0. The predicted molar refractivity (Wildman–Crippen MR) is 87.0 cm³/mol. The summed E-state index contributed by atoms with van der Waals surface area (Å²) < 4.78 is 5.78. The molecule has 0 saturated heterocycles. The smallest absolute Gasteiger partial charge is 0.197 e. The van der Waals surface area contributed by atoms with E-state index < -0.39 is 0 Å². The van der Waals surface area contributed by atoms with E-state index in [9.17, 15) is 0 Å². The van der Waals surface area contributed by atoms with Gasteiger partial charge in [-0.05, 0) is 36.4 Å². The molecule has 112 valence electrons. The molecule has 2 N–H and O–H groups in total. The summed E-state index contributed by atoms with van der Waals surface area (Å²) in [5.74, 6) is 2.30. The monoisotopic (exact) mass is 333 g/mol. The summed E-state index contributed by atoms with van der Waals surface area (Å²) in [4.78, 5) is 3.03. The van der Waals surface area contributed by atoms with Crippen molar-refractivity contribution in [1.29, 1.82) is 0 Å². The van der Waals surface area contributed by atoms with Gasteiger partial charge in [0.15, 0.2) is 16.7 Å². The molecule has 0 spiro atoms. The van der Waals surface area contributed by atoms with Gasteiger partial charge in [0.2, 0.25) is 0 Å². The Kier molecular flexibility index (Phi) is 4.22. The Bertz CT molecular complexity index is 795. The van der Waals surface area contributed by atoms with Crippen molar-refractivity contribution in [2.45, 2.75) is 5.16 Å². The molecule has 0 saturated carbocycles. The second-order valence-corrected chi connectivity index (χ2v) is 5.90. The van der Waals surface area contributed by atoms with Crippen LogP contribution in [0.3, 0.4) is 0 Å². The van der Waals surface area contributed by atoms with Crippen LogP contribution in [0.5, 0.6) is 0 Å². The maximum atomic E-state index is 9.08. The van der Waals surface area contributed by atoms with E-state index in [1.54, 1.807) is 0 Å². The second-order valence-electron chi connectivity index (χ2n) is 4.50. The van der Waals surface area contributed by atoms with Crippen molar-refractivity contribution in [1.82, 2.24) is 15.2 Å². The molecule has 3 aromatic rings. The van der Waals surface area contributed by atoms with Crippen LogP contribution in [0, 0.1) is 0 Å². The van der Waals surface area contributed by atoms with E-state index in [0.29, 0.717) is 27.5 Å². The third-order valence-electron chi connectivity index (χ3n) is 2.81. The highest BCUT2D eigenvalue weighted by molar-refractivity contribution is 7.99. The summed E-state index contributed by atoms with van der Waals surface area (Å²) in [5, 5.41) is 18.4. The van der Waals surface area contributed by atoms with E-state index in [1.165, 1.54) is 11.8 Å². The molecule has 0 unspecified atom stereocenters. The number of hydrogen-bond donors (Lipinski definition) is 2. The predicted octanol–water partition coefficient (Wildman–Crippen LogP) is 4.55. The highest BCUT2D eigenvalue weighted by Gasteiger charge is 2.11. The third kappa shape index (κ3) is 3.35. The van der Waals surface area contributed by atoms with Crippen LogP contribution in [0.15, 0.2) is 58.3 Å². The molecule has 0 aliphatic rings. The van der Waals surface area contributed by atoms with Crippen LogP contribution >= 0.6 is 23.4 Å². The molecule has 0 bridgehead atoms. The van der Waals surface area contributed by atoms with Crippen LogP contribution < -0.4 is 0 Å². The summed E-state index contributed by atoms with van der Waals surface area (Å²) in [7, 11) is 0. The molecule has 2 aromatic heterocycles. The Balaban J connectivity index is 1.79. The molecule has 22 heavy (non-hydrogen) atoms. The minimum absolute atomic E-state index is 0.0889. The number of thioether (sulfide) groups is 1. The summed E-state index contributed by atoms with van der Waals surface area (Å²) >= 11 is 7.19. The number of benzene rings is 1. The number of furan rings is 1. The summed E-state index contributed by atoms with van der Waals surface area (Å²) in [6, 6.07) is 11.1. The maximum absolute atomic E-state index is 9.08. The van der Waals surface area contributed by atoms with Crippen LogP contribution in [0.1, 0.15) is 0 Å². The van der Waals surface area contributed by atoms with Gasteiger partial charge in [0.05, 0.1) is 11.5 Å². The van der Waals surface area contributed by atoms with Crippen molar-refractivity contribution >= 4 is 23.4 Å². The summed E-state index contributed by atoms with van der Waals surface area (Å²) in [5.41, 5.74) is 0.932. The lowest BCUT2D eigenvalue weighted by Crippen LogP contribution is -1.83. The average Bonchev–Trinajstić information content (AvgIpc) is 3.15. The lowest BCUT2D eigenvalue weighted by atomic mass is 10.2. The second kappa shape index (κ2) is 6.29. The largest absolute Gasteiger partial charge is 0.512 e. The van der Waals surface area contributed by atoms with Crippen LogP contribution in [-0.4, -0.2) is 26.0 Å². The van der Waals surface area contributed by atoms with E-state index in [1.807, 2.05) is 36.4 Å². The van der Waals surface area contributed by atoms with E-state index in [0.717, 1.165) is 11.3 Å². The number of aliphatic hydroxyl groups excluding tert-OH is 1. The summed E-state index contributed by atoms with van der Waals surface area (Å²) in [6.45, 7) is 3.42. The Morgan fingerprint density at radius 2 is 1.91 bits per heavy atom. The number of aromatic nitrogens is 3.